The first-order valence-electron chi connectivity index (χ1n) is 10.6. The Morgan fingerprint density at radius 1 is 1.11 bits per heavy atom. The SMILES string of the molecule is COc1c(/C(C)=C/C(=O)Nc2ccc(S(N)(=O)=O)cc2)cc2c(-c3ccc(F)cc3)coc2c1C. The lowest BCUT2D eigenvalue weighted by Gasteiger charge is -2.13. The summed E-state index contributed by atoms with van der Waals surface area (Å²) < 4.78 is 47.7. The lowest BCUT2D eigenvalue weighted by molar-refractivity contribution is -0.111. The fourth-order valence-corrected chi connectivity index (χ4v) is 4.42. The van der Waals surface area contributed by atoms with E-state index >= 15 is 0 Å². The van der Waals surface area contributed by atoms with Gasteiger partial charge in [-0.2, -0.15) is 0 Å². The summed E-state index contributed by atoms with van der Waals surface area (Å²) in [4.78, 5) is 12.6. The third-order valence-corrected chi connectivity index (χ3v) is 6.56. The first-order chi connectivity index (χ1) is 16.6. The van der Waals surface area contributed by atoms with Gasteiger partial charge in [-0.1, -0.05) is 12.1 Å². The third kappa shape index (κ3) is 4.96. The van der Waals surface area contributed by atoms with Crippen molar-refractivity contribution in [2.45, 2.75) is 18.7 Å². The number of furan rings is 1. The summed E-state index contributed by atoms with van der Waals surface area (Å²) in [5, 5.41) is 8.61. The summed E-state index contributed by atoms with van der Waals surface area (Å²) in [7, 11) is -2.28. The molecule has 7 nitrogen and oxygen atoms in total. The van der Waals surface area contributed by atoms with Gasteiger partial charge in [0.05, 0.1) is 18.3 Å². The van der Waals surface area contributed by atoms with E-state index in [9.17, 15) is 17.6 Å². The van der Waals surface area contributed by atoms with Gasteiger partial charge in [0.2, 0.25) is 15.9 Å². The molecular formula is C26H23FN2O5S. The number of methoxy groups -OCH3 is 1. The fourth-order valence-electron chi connectivity index (χ4n) is 3.91. The Kier molecular flexibility index (Phi) is 6.47. The van der Waals surface area contributed by atoms with Crippen LogP contribution in [0, 0.1) is 12.7 Å². The van der Waals surface area contributed by atoms with Crippen LogP contribution in [0.4, 0.5) is 10.1 Å². The highest BCUT2D eigenvalue weighted by molar-refractivity contribution is 7.89. The van der Waals surface area contributed by atoms with Crippen LogP contribution < -0.4 is 15.2 Å². The van der Waals surface area contributed by atoms with E-state index in [4.69, 9.17) is 14.3 Å². The van der Waals surface area contributed by atoms with Crippen molar-refractivity contribution in [3.05, 3.63) is 83.9 Å². The monoisotopic (exact) mass is 494 g/mol. The highest BCUT2D eigenvalue weighted by Gasteiger charge is 2.19. The number of ether oxygens (including phenoxy) is 1. The molecule has 1 amide bonds. The Hall–Kier alpha value is -3.95. The minimum atomic E-state index is -3.82. The number of amides is 1. The lowest BCUT2D eigenvalue weighted by atomic mass is 9.96. The topological polar surface area (TPSA) is 112 Å². The molecule has 3 N–H and O–H groups in total. The van der Waals surface area contributed by atoms with Gasteiger partial charge in [0.25, 0.3) is 0 Å². The van der Waals surface area contributed by atoms with Gasteiger partial charge in [-0.3, -0.25) is 4.79 Å². The van der Waals surface area contributed by atoms with Gasteiger partial charge in [0.15, 0.2) is 0 Å². The van der Waals surface area contributed by atoms with E-state index in [1.165, 1.54) is 42.5 Å². The summed E-state index contributed by atoms with van der Waals surface area (Å²) in [6.07, 6.45) is 3.04. The quantitative estimate of drug-likeness (QED) is 0.356. The van der Waals surface area contributed by atoms with Crippen LogP contribution in [0.1, 0.15) is 18.1 Å². The van der Waals surface area contributed by atoms with Crippen molar-refractivity contribution in [2.75, 3.05) is 12.4 Å². The predicted molar refractivity (Wildman–Crippen MR) is 133 cm³/mol. The van der Waals surface area contributed by atoms with Crippen LogP contribution in [0.3, 0.4) is 0 Å². The van der Waals surface area contributed by atoms with E-state index in [0.29, 0.717) is 28.2 Å². The second-order valence-electron chi connectivity index (χ2n) is 8.00. The molecule has 9 heteroatoms. The molecule has 1 aromatic heterocycles. The van der Waals surface area contributed by atoms with Crippen LogP contribution in [-0.4, -0.2) is 21.4 Å². The maximum absolute atomic E-state index is 13.4. The summed E-state index contributed by atoms with van der Waals surface area (Å²) in [6.45, 7) is 3.65. The molecule has 0 fully saturated rings. The number of hydrogen-bond acceptors (Lipinski definition) is 5. The number of rotatable bonds is 6. The first-order valence-corrected chi connectivity index (χ1v) is 12.1. The van der Waals surface area contributed by atoms with Gasteiger partial charge < -0.3 is 14.5 Å². The molecule has 0 unspecified atom stereocenters. The molecule has 4 aromatic rings. The average Bonchev–Trinajstić information content (AvgIpc) is 3.23. The number of nitrogens with one attached hydrogen (secondary N) is 1. The Labute approximate surface area is 202 Å². The van der Waals surface area contributed by atoms with Crippen LogP contribution in [0.2, 0.25) is 0 Å². The molecule has 0 spiro atoms. The molecule has 0 aliphatic rings. The summed E-state index contributed by atoms with van der Waals surface area (Å²) >= 11 is 0. The van der Waals surface area contributed by atoms with Crippen LogP contribution >= 0.6 is 0 Å². The molecule has 0 bridgehead atoms. The minimum absolute atomic E-state index is 0.0483. The normalized spacial score (nSPS) is 12.1. The van der Waals surface area contributed by atoms with Crippen LogP contribution in [0.25, 0.3) is 27.7 Å². The number of carbonyl (C=O) groups is 1. The number of sulfonamides is 1. The number of allylic oxidation sites excluding steroid dienone is 1. The standard InChI is InChI=1S/C26H23FN2O5S/c1-15(12-24(30)29-19-8-10-20(11-9-19)35(28,31)32)21-13-22-23(17-4-6-18(27)7-5-17)14-34-26(22)16(2)25(21)33-3/h4-14H,1-3H3,(H,29,30)(H2,28,31,32)/b15-12+. The van der Waals surface area contributed by atoms with Crippen molar-refractivity contribution in [1.82, 2.24) is 0 Å². The smallest absolute Gasteiger partial charge is 0.248 e. The predicted octanol–water partition coefficient (Wildman–Crippen LogP) is 5.25. The maximum Gasteiger partial charge on any atom is 0.248 e. The molecule has 0 aliphatic carbocycles. The molecule has 0 saturated carbocycles. The van der Waals surface area contributed by atoms with Gasteiger partial charge in [-0.05, 0) is 67.4 Å². The highest BCUT2D eigenvalue weighted by Crippen LogP contribution is 2.40. The van der Waals surface area contributed by atoms with E-state index in [2.05, 4.69) is 5.32 Å². The average molecular weight is 495 g/mol. The van der Waals surface area contributed by atoms with Gasteiger partial charge in [-0.25, -0.2) is 17.9 Å². The number of benzene rings is 3. The number of hydrogen-bond donors (Lipinski definition) is 2. The molecular weight excluding hydrogens is 471 g/mol. The fraction of sp³-hybridized carbons (Fsp3) is 0.115. The van der Waals surface area contributed by atoms with Crippen molar-refractivity contribution in [3.8, 4) is 16.9 Å². The highest BCUT2D eigenvalue weighted by atomic mass is 32.2. The second-order valence-corrected chi connectivity index (χ2v) is 9.56. The number of carbonyl (C=O) groups excluding carboxylic acids is 1. The number of nitrogens with two attached hydrogens (primary N) is 1. The molecule has 4 rings (SSSR count). The van der Waals surface area contributed by atoms with E-state index in [1.807, 2.05) is 13.0 Å². The Bertz CT molecular complexity index is 1550. The van der Waals surface area contributed by atoms with Crippen molar-refractivity contribution >= 4 is 38.2 Å². The molecule has 0 aliphatic heterocycles. The Balaban J connectivity index is 1.70. The molecule has 0 atom stereocenters. The van der Waals surface area contributed by atoms with Crippen molar-refractivity contribution in [1.29, 1.82) is 0 Å². The van der Waals surface area contributed by atoms with Crippen LogP contribution in [0.5, 0.6) is 5.75 Å². The zero-order chi connectivity index (χ0) is 25.3. The number of primary sulfonamides is 1. The number of anilines is 1. The molecule has 0 saturated heterocycles. The second kappa shape index (κ2) is 9.36. The van der Waals surface area contributed by atoms with Crippen LogP contribution in [-0.2, 0) is 14.8 Å². The van der Waals surface area contributed by atoms with Gasteiger partial charge in [-0.15, -0.1) is 0 Å². The molecule has 1 heterocycles. The van der Waals surface area contributed by atoms with Crippen LogP contribution in [0.15, 0.2) is 76.2 Å². The molecule has 3 aromatic carbocycles. The Morgan fingerprint density at radius 3 is 2.37 bits per heavy atom. The van der Waals surface area contributed by atoms with Gasteiger partial charge >= 0.3 is 0 Å². The maximum atomic E-state index is 13.4. The summed E-state index contributed by atoms with van der Waals surface area (Å²) in [5.41, 5.74) is 4.73. The number of halogens is 1. The van der Waals surface area contributed by atoms with Crippen molar-refractivity contribution < 1.29 is 26.8 Å². The van der Waals surface area contributed by atoms with Crippen molar-refractivity contribution in [3.63, 3.8) is 0 Å². The molecule has 35 heavy (non-hydrogen) atoms. The molecule has 180 valence electrons. The lowest BCUT2D eigenvalue weighted by Crippen LogP contribution is -2.12. The number of aryl methyl sites for hydroxylation is 1. The third-order valence-electron chi connectivity index (χ3n) is 5.63. The van der Waals surface area contributed by atoms with E-state index in [1.54, 1.807) is 32.4 Å². The Morgan fingerprint density at radius 2 is 1.77 bits per heavy atom. The van der Waals surface area contributed by atoms with Gasteiger partial charge in [0.1, 0.15) is 17.1 Å². The largest absolute Gasteiger partial charge is 0.496 e. The number of fused-ring (bicyclic) bond motifs is 1. The van der Waals surface area contributed by atoms with E-state index in [0.717, 1.165) is 22.1 Å². The zero-order valence-corrected chi connectivity index (χ0v) is 20.1. The van der Waals surface area contributed by atoms with Crippen molar-refractivity contribution in [2.24, 2.45) is 5.14 Å². The summed E-state index contributed by atoms with van der Waals surface area (Å²) in [5.74, 6) is -0.169. The zero-order valence-electron chi connectivity index (χ0n) is 19.3. The van der Waals surface area contributed by atoms with Gasteiger partial charge in [0, 0.05) is 33.8 Å². The van der Waals surface area contributed by atoms with E-state index < -0.39 is 15.9 Å². The molecule has 0 radical (unpaired) electrons. The van der Waals surface area contributed by atoms with E-state index in [-0.39, 0.29) is 10.7 Å². The minimum Gasteiger partial charge on any atom is -0.496 e. The summed E-state index contributed by atoms with van der Waals surface area (Å²) in [6, 6.07) is 13.5. The first kappa shape index (κ1) is 24.2.